The fourth-order valence-electron chi connectivity index (χ4n) is 1.44. The Bertz CT molecular complexity index is 466. The highest BCUT2D eigenvalue weighted by Crippen LogP contribution is 2.30. The van der Waals surface area contributed by atoms with Crippen LogP contribution in [-0.4, -0.2) is 5.11 Å². The molecule has 0 heterocycles. The number of benzene rings is 2. The van der Waals surface area contributed by atoms with Crippen LogP contribution in [0.3, 0.4) is 0 Å². The van der Waals surface area contributed by atoms with E-state index >= 15 is 0 Å². The van der Waals surface area contributed by atoms with E-state index in [9.17, 15) is 13.9 Å². The predicted molar refractivity (Wildman–Crippen MR) is 50.6 cm³/mol. The van der Waals surface area contributed by atoms with Gasteiger partial charge < -0.3 is 5.11 Å². The Labute approximate surface area is 79.6 Å². The third-order valence-corrected chi connectivity index (χ3v) is 2.11. The number of rotatable bonds is 1. The van der Waals surface area contributed by atoms with E-state index in [0.29, 0.717) is 10.8 Å². The van der Waals surface area contributed by atoms with Gasteiger partial charge in [-0.05, 0) is 17.5 Å². The Morgan fingerprint density at radius 2 is 1.79 bits per heavy atom. The Morgan fingerprint density at radius 1 is 1.07 bits per heavy atom. The van der Waals surface area contributed by atoms with Gasteiger partial charge >= 0.3 is 0 Å². The lowest BCUT2D eigenvalue weighted by Gasteiger charge is -2.04. The molecule has 0 amide bonds. The summed E-state index contributed by atoms with van der Waals surface area (Å²) in [5.41, 5.74) is -0.152. The fourth-order valence-corrected chi connectivity index (χ4v) is 1.44. The second-order valence-corrected chi connectivity index (χ2v) is 3.06. The van der Waals surface area contributed by atoms with E-state index < -0.39 is 6.43 Å². The van der Waals surface area contributed by atoms with Gasteiger partial charge in [-0.1, -0.05) is 24.3 Å². The van der Waals surface area contributed by atoms with E-state index in [-0.39, 0.29) is 11.3 Å². The average Bonchev–Trinajstić information content (AvgIpc) is 2.17. The van der Waals surface area contributed by atoms with E-state index in [2.05, 4.69) is 0 Å². The number of phenols is 1. The molecule has 3 heteroatoms. The summed E-state index contributed by atoms with van der Waals surface area (Å²) in [7, 11) is 0. The molecule has 0 unspecified atom stereocenters. The molecule has 0 aliphatic carbocycles. The van der Waals surface area contributed by atoms with Crippen molar-refractivity contribution in [2.45, 2.75) is 6.43 Å². The average molecular weight is 194 g/mol. The van der Waals surface area contributed by atoms with Crippen LogP contribution in [0, 0.1) is 0 Å². The highest BCUT2D eigenvalue weighted by Gasteiger charge is 2.10. The van der Waals surface area contributed by atoms with Gasteiger partial charge in [0, 0.05) is 10.9 Å². The first kappa shape index (κ1) is 8.94. The third kappa shape index (κ3) is 1.41. The van der Waals surface area contributed by atoms with Gasteiger partial charge in [0.25, 0.3) is 6.43 Å². The molecule has 0 aliphatic heterocycles. The number of hydrogen-bond acceptors (Lipinski definition) is 1. The summed E-state index contributed by atoms with van der Waals surface area (Å²) in [4.78, 5) is 0. The summed E-state index contributed by atoms with van der Waals surface area (Å²) in [5.74, 6) is -0.0987. The smallest absolute Gasteiger partial charge is 0.264 e. The SMILES string of the molecule is Oc1cc(C(F)F)cc2ccccc12. The molecule has 2 rings (SSSR count). The molecule has 1 nitrogen and oxygen atoms in total. The molecular formula is C11H8F2O. The highest BCUT2D eigenvalue weighted by atomic mass is 19.3. The van der Waals surface area contributed by atoms with Gasteiger partial charge in [-0.3, -0.25) is 0 Å². The van der Waals surface area contributed by atoms with Crippen molar-refractivity contribution in [1.82, 2.24) is 0 Å². The van der Waals surface area contributed by atoms with Crippen LogP contribution in [0.25, 0.3) is 10.8 Å². The Hall–Kier alpha value is -1.64. The third-order valence-electron chi connectivity index (χ3n) is 2.11. The van der Waals surface area contributed by atoms with Crippen LogP contribution < -0.4 is 0 Å². The van der Waals surface area contributed by atoms with Crippen molar-refractivity contribution in [1.29, 1.82) is 0 Å². The second kappa shape index (κ2) is 3.25. The topological polar surface area (TPSA) is 20.2 Å². The molecular weight excluding hydrogens is 186 g/mol. The number of alkyl halides is 2. The molecule has 0 atom stereocenters. The number of phenolic OH excluding ortho intramolecular Hbond substituents is 1. The molecule has 14 heavy (non-hydrogen) atoms. The summed E-state index contributed by atoms with van der Waals surface area (Å²) in [6, 6.07) is 9.38. The van der Waals surface area contributed by atoms with Crippen molar-refractivity contribution in [2.24, 2.45) is 0 Å². The van der Waals surface area contributed by atoms with Gasteiger partial charge in [0.15, 0.2) is 0 Å². The van der Waals surface area contributed by atoms with Gasteiger partial charge in [-0.2, -0.15) is 0 Å². The highest BCUT2D eigenvalue weighted by molar-refractivity contribution is 5.88. The van der Waals surface area contributed by atoms with Crippen LogP contribution in [0.4, 0.5) is 8.78 Å². The van der Waals surface area contributed by atoms with Gasteiger partial charge in [-0.15, -0.1) is 0 Å². The minimum atomic E-state index is -2.55. The number of fused-ring (bicyclic) bond motifs is 1. The van der Waals surface area contributed by atoms with Crippen molar-refractivity contribution >= 4 is 10.8 Å². The van der Waals surface area contributed by atoms with E-state index in [1.165, 1.54) is 6.07 Å². The molecule has 0 spiro atoms. The van der Waals surface area contributed by atoms with Crippen LogP contribution in [0.15, 0.2) is 36.4 Å². The summed E-state index contributed by atoms with van der Waals surface area (Å²) in [5, 5.41) is 10.7. The zero-order valence-corrected chi connectivity index (χ0v) is 7.24. The summed E-state index contributed by atoms with van der Waals surface area (Å²) in [6.07, 6.45) is -2.55. The fraction of sp³-hybridized carbons (Fsp3) is 0.0909. The van der Waals surface area contributed by atoms with Crippen LogP contribution in [0.2, 0.25) is 0 Å². The first-order valence-corrected chi connectivity index (χ1v) is 4.18. The Balaban J connectivity index is 2.72. The van der Waals surface area contributed by atoms with E-state index in [1.54, 1.807) is 24.3 Å². The molecule has 0 aromatic heterocycles. The minimum absolute atomic E-state index is 0.0987. The van der Waals surface area contributed by atoms with Crippen LogP contribution in [0.1, 0.15) is 12.0 Å². The molecule has 1 N–H and O–H groups in total. The molecule has 0 saturated heterocycles. The molecule has 0 radical (unpaired) electrons. The molecule has 0 saturated carbocycles. The zero-order valence-electron chi connectivity index (χ0n) is 7.24. The first-order valence-electron chi connectivity index (χ1n) is 4.18. The van der Waals surface area contributed by atoms with Gasteiger partial charge in [-0.25, -0.2) is 8.78 Å². The van der Waals surface area contributed by atoms with Crippen molar-refractivity contribution in [3.8, 4) is 5.75 Å². The van der Waals surface area contributed by atoms with Crippen molar-refractivity contribution in [3.63, 3.8) is 0 Å². The predicted octanol–water partition coefficient (Wildman–Crippen LogP) is 3.48. The lowest BCUT2D eigenvalue weighted by Crippen LogP contribution is -1.84. The first-order chi connectivity index (χ1) is 6.68. The monoisotopic (exact) mass is 194 g/mol. The lowest BCUT2D eigenvalue weighted by molar-refractivity contribution is 0.151. The Kier molecular flexibility index (Phi) is 2.08. The van der Waals surface area contributed by atoms with E-state index in [0.717, 1.165) is 6.07 Å². The molecule has 0 aliphatic rings. The largest absolute Gasteiger partial charge is 0.507 e. The van der Waals surface area contributed by atoms with Gasteiger partial charge in [0.2, 0.25) is 0 Å². The molecule has 72 valence electrons. The van der Waals surface area contributed by atoms with Crippen molar-refractivity contribution < 1.29 is 13.9 Å². The normalized spacial score (nSPS) is 11.1. The maximum atomic E-state index is 12.4. The van der Waals surface area contributed by atoms with Gasteiger partial charge in [0.05, 0.1) is 0 Å². The van der Waals surface area contributed by atoms with Crippen LogP contribution in [-0.2, 0) is 0 Å². The Morgan fingerprint density at radius 3 is 2.50 bits per heavy atom. The second-order valence-electron chi connectivity index (χ2n) is 3.06. The van der Waals surface area contributed by atoms with Crippen LogP contribution >= 0.6 is 0 Å². The quantitative estimate of drug-likeness (QED) is 0.736. The van der Waals surface area contributed by atoms with Crippen LogP contribution in [0.5, 0.6) is 5.75 Å². The van der Waals surface area contributed by atoms with E-state index in [1.807, 2.05) is 0 Å². The van der Waals surface area contributed by atoms with Crippen molar-refractivity contribution in [3.05, 3.63) is 42.0 Å². The maximum absolute atomic E-state index is 12.4. The number of halogens is 2. The summed E-state index contributed by atoms with van der Waals surface area (Å²) in [6.45, 7) is 0. The molecule has 2 aromatic rings. The molecule has 2 aromatic carbocycles. The van der Waals surface area contributed by atoms with Crippen molar-refractivity contribution in [2.75, 3.05) is 0 Å². The lowest BCUT2D eigenvalue weighted by atomic mass is 10.1. The number of aromatic hydroxyl groups is 1. The standard InChI is InChI=1S/C11H8F2O/c12-11(13)8-5-7-3-1-2-4-9(7)10(14)6-8/h1-6,11,14H. The molecule has 0 fully saturated rings. The van der Waals surface area contributed by atoms with Gasteiger partial charge in [0.1, 0.15) is 5.75 Å². The zero-order chi connectivity index (χ0) is 10.1. The maximum Gasteiger partial charge on any atom is 0.264 e. The molecule has 0 bridgehead atoms. The van der Waals surface area contributed by atoms with E-state index in [4.69, 9.17) is 0 Å². The summed E-state index contributed by atoms with van der Waals surface area (Å²) >= 11 is 0. The minimum Gasteiger partial charge on any atom is -0.507 e. The summed E-state index contributed by atoms with van der Waals surface area (Å²) < 4.78 is 24.7. The number of hydrogen-bond donors (Lipinski definition) is 1.